The standard InChI is InChI=1S/C78H41BN2O2/c1-3-18-50-46(14-1)48-16-5-7-22-56(48)72-58(50)40-62-77-74(72)60-36-42(44-28-32-54-52-20-9-11-26-68(52)82-70(54)38-44)30-34-64(60)80(77)66-24-13-25-67-76(66)79(62)63-41-59-51-19-4-2-15-47(51)49-17-6-8-23-57(49)73(59)75-61-37-43(31-35-65(61)81(67)78(63)75)45-29-33-55-53-21-10-12-27-69(53)83-71(55)39-45/h1-41H. The topological polar surface area (TPSA) is 36.1 Å². The largest absolute Gasteiger partial charge is 0.456 e. The molecule has 2 aliphatic heterocycles. The first-order chi connectivity index (χ1) is 41.2. The molecule has 0 N–H and O–H groups in total. The molecule has 0 bridgehead atoms. The Kier molecular flexibility index (Phi) is 7.83. The summed E-state index contributed by atoms with van der Waals surface area (Å²) in [6, 6.07) is 93.3. The summed E-state index contributed by atoms with van der Waals surface area (Å²) in [4.78, 5) is 0. The van der Waals surface area contributed by atoms with Crippen LogP contribution in [0.15, 0.2) is 258 Å². The maximum Gasteiger partial charge on any atom is 0.252 e. The summed E-state index contributed by atoms with van der Waals surface area (Å²) < 4.78 is 18.3. The number of hydrogen-bond donors (Lipinski definition) is 0. The summed E-state index contributed by atoms with van der Waals surface area (Å²) in [7, 11) is 0. The minimum Gasteiger partial charge on any atom is -0.456 e. The third-order valence-electron chi connectivity index (χ3n) is 19.4. The first-order valence-electron chi connectivity index (χ1n) is 28.8. The van der Waals surface area contributed by atoms with Gasteiger partial charge >= 0.3 is 0 Å². The summed E-state index contributed by atoms with van der Waals surface area (Å²) >= 11 is 0. The molecule has 19 aromatic rings. The van der Waals surface area contributed by atoms with Gasteiger partial charge in [-0.3, -0.25) is 0 Å². The molecule has 0 saturated heterocycles. The molecule has 15 aromatic carbocycles. The van der Waals surface area contributed by atoms with Crippen LogP contribution < -0.4 is 16.4 Å². The van der Waals surface area contributed by atoms with Crippen LogP contribution in [0.5, 0.6) is 0 Å². The lowest BCUT2D eigenvalue weighted by Crippen LogP contribution is -2.59. The second-order valence-corrected chi connectivity index (χ2v) is 23.3. The molecule has 83 heavy (non-hydrogen) atoms. The van der Waals surface area contributed by atoms with Gasteiger partial charge in [0.2, 0.25) is 0 Å². The van der Waals surface area contributed by atoms with Gasteiger partial charge in [-0.1, -0.05) is 176 Å². The number of rotatable bonds is 2. The number of para-hydroxylation sites is 2. The van der Waals surface area contributed by atoms with Crippen LogP contribution in [-0.4, -0.2) is 15.8 Å². The van der Waals surface area contributed by atoms with E-state index in [0.717, 1.165) is 66.1 Å². The van der Waals surface area contributed by atoms with Crippen molar-refractivity contribution in [1.82, 2.24) is 9.13 Å². The van der Waals surface area contributed by atoms with E-state index in [9.17, 15) is 0 Å². The van der Waals surface area contributed by atoms with E-state index in [1.165, 1.54) is 136 Å². The fraction of sp³-hybridized carbons (Fsp3) is 0. The molecule has 0 spiro atoms. The maximum atomic E-state index is 6.53. The Balaban J connectivity index is 0.924. The van der Waals surface area contributed by atoms with Gasteiger partial charge in [0.05, 0.1) is 22.1 Å². The fourth-order valence-corrected chi connectivity index (χ4v) is 16.1. The molecule has 0 atom stereocenters. The second kappa shape index (κ2) is 15.1. The van der Waals surface area contributed by atoms with Crippen molar-refractivity contribution < 1.29 is 8.83 Å². The third kappa shape index (κ3) is 5.30. The summed E-state index contributed by atoms with van der Waals surface area (Å²) in [6.07, 6.45) is 0. The first-order valence-corrected chi connectivity index (χ1v) is 28.8. The van der Waals surface area contributed by atoms with E-state index in [1.54, 1.807) is 0 Å². The summed E-state index contributed by atoms with van der Waals surface area (Å²) in [5.41, 5.74) is 19.6. The highest BCUT2D eigenvalue weighted by atomic mass is 16.3. The molecule has 2 aliphatic rings. The number of benzene rings is 15. The molecule has 4 aromatic heterocycles. The van der Waals surface area contributed by atoms with Crippen LogP contribution in [0, 0.1) is 0 Å². The average Bonchev–Trinajstić information content (AvgIpc) is 2.93. The van der Waals surface area contributed by atoms with Crippen molar-refractivity contribution in [3.8, 4) is 33.6 Å². The van der Waals surface area contributed by atoms with Gasteiger partial charge in [0.1, 0.15) is 22.3 Å². The number of hydrogen-bond acceptors (Lipinski definition) is 2. The highest BCUT2D eigenvalue weighted by Gasteiger charge is 2.42. The molecule has 21 rings (SSSR count). The average molecular weight is 1050 g/mol. The molecule has 4 nitrogen and oxygen atoms in total. The SMILES string of the molecule is c1cc2c3c(c1)-n1c4ccc(-c5ccc6c(c5)oc5ccccc56)cc4c4c5c6ccccc6c6ccccc6c5cc(c41)B3c1cc3c4ccccc4c4ccccc4c3c3c4cc(-c5ccc6c(c5)oc5ccccc56)ccc4n-2c13. The minimum absolute atomic E-state index is 0.103. The van der Waals surface area contributed by atoms with E-state index >= 15 is 0 Å². The monoisotopic (exact) mass is 1050 g/mol. The van der Waals surface area contributed by atoms with Crippen molar-refractivity contribution in [3.05, 3.63) is 249 Å². The minimum atomic E-state index is -0.103. The zero-order valence-electron chi connectivity index (χ0n) is 44.5. The van der Waals surface area contributed by atoms with Gasteiger partial charge in [0.15, 0.2) is 0 Å². The van der Waals surface area contributed by atoms with Crippen molar-refractivity contribution in [3.63, 3.8) is 0 Å². The summed E-state index contributed by atoms with van der Waals surface area (Å²) in [6.45, 7) is -0.103. The van der Waals surface area contributed by atoms with Crippen LogP contribution in [-0.2, 0) is 0 Å². The highest BCUT2D eigenvalue weighted by Crippen LogP contribution is 2.49. The van der Waals surface area contributed by atoms with Gasteiger partial charge < -0.3 is 18.0 Å². The Bertz CT molecular complexity index is 5890. The van der Waals surface area contributed by atoms with Crippen LogP contribution >= 0.6 is 0 Å². The lowest BCUT2D eigenvalue weighted by Gasteiger charge is -2.34. The number of aromatic nitrogens is 2. The maximum absolute atomic E-state index is 6.53. The number of furan rings is 2. The molecule has 0 amide bonds. The van der Waals surface area contributed by atoms with Crippen LogP contribution in [0.2, 0.25) is 0 Å². The number of nitrogens with zero attached hydrogens (tertiary/aromatic N) is 2. The van der Waals surface area contributed by atoms with Gasteiger partial charge in [-0.05, 0) is 165 Å². The van der Waals surface area contributed by atoms with Gasteiger partial charge in [0, 0.05) is 65.2 Å². The molecule has 6 heterocycles. The van der Waals surface area contributed by atoms with E-state index in [-0.39, 0.29) is 6.71 Å². The van der Waals surface area contributed by atoms with Crippen molar-refractivity contribution in [2.24, 2.45) is 0 Å². The molecule has 0 unspecified atom stereocenters. The third-order valence-corrected chi connectivity index (χ3v) is 19.4. The molecule has 5 heteroatoms. The molecule has 0 radical (unpaired) electrons. The van der Waals surface area contributed by atoms with Crippen LogP contribution in [0.3, 0.4) is 0 Å². The molecular formula is C78H41BN2O2. The Morgan fingerprint density at radius 2 is 0.590 bits per heavy atom. The molecule has 0 aliphatic carbocycles. The zero-order valence-corrected chi connectivity index (χ0v) is 44.5. The predicted molar refractivity (Wildman–Crippen MR) is 350 cm³/mol. The molecule has 0 saturated carbocycles. The lowest BCUT2D eigenvalue weighted by atomic mass is 9.34. The Hall–Kier alpha value is -10.9. The van der Waals surface area contributed by atoms with Crippen molar-refractivity contribution in [2.45, 2.75) is 0 Å². The molecule has 0 fully saturated rings. The Labute approximate surface area is 472 Å². The van der Waals surface area contributed by atoms with E-state index in [4.69, 9.17) is 8.83 Å². The van der Waals surface area contributed by atoms with Crippen molar-refractivity contribution in [1.29, 1.82) is 0 Å². The van der Waals surface area contributed by atoms with E-state index in [2.05, 4.69) is 246 Å². The van der Waals surface area contributed by atoms with Gasteiger partial charge in [-0.25, -0.2) is 0 Å². The summed E-state index contributed by atoms with van der Waals surface area (Å²) in [5, 5.41) is 24.9. The van der Waals surface area contributed by atoms with Gasteiger partial charge in [0.25, 0.3) is 6.71 Å². The van der Waals surface area contributed by atoms with Gasteiger partial charge in [-0.2, -0.15) is 0 Å². The Morgan fingerprint density at radius 1 is 0.241 bits per heavy atom. The Morgan fingerprint density at radius 3 is 1.04 bits per heavy atom. The van der Waals surface area contributed by atoms with Crippen LogP contribution in [0.25, 0.3) is 186 Å². The fourth-order valence-electron chi connectivity index (χ4n) is 16.1. The normalized spacial score (nSPS) is 13.0. The number of fused-ring (bicyclic) bond motifs is 30. The van der Waals surface area contributed by atoms with E-state index in [1.807, 2.05) is 12.1 Å². The van der Waals surface area contributed by atoms with Crippen LogP contribution in [0.1, 0.15) is 0 Å². The smallest absolute Gasteiger partial charge is 0.252 e. The lowest BCUT2D eigenvalue weighted by molar-refractivity contribution is 0.668. The van der Waals surface area contributed by atoms with E-state index in [0.29, 0.717) is 0 Å². The van der Waals surface area contributed by atoms with Crippen molar-refractivity contribution in [2.75, 3.05) is 0 Å². The van der Waals surface area contributed by atoms with Crippen molar-refractivity contribution >= 4 is 175 Å². The summed E-state index contributed by atoms with van der Waals surface area (Å²) in [5.74, 6) is 0. The van der Waals surface area contributed by atoms with E-state index < -0.39 is 0 Å². The highest BCUT2D eigenvalue weighted by molar-refractivity contribution is 7.01. The van der Waals surface area contributed by atoms with Crippen LogP contribution in [0.4, 0.5) is 0 Å². The molecular weight excluding hydrogens is 1010 g/mol. The van der Waals surface area contributed by atoms with Gasteiger partial charge in [-0.15, -0.1) is 0 Å². The second-order valence-electron chi connectivity index (χ2n) is 23.3. The first kappa shape index (κ1) is 43.0. The zero-order chi connectivity index (χ0) is 53.5. The quantitative estimate of drug-likeness (QED) is 0.128. The molecule has 378 valence electrons. The predicted octanol–water partition coefficient (Wildman–Crippen LogP) is 19.1.